The number of hydrogen-bond donors (Lipinski definition) is 2. The molecule has 0 saturated carbocycles. The predicted octanol–water partition coefficient (Wildman–Crippen LogP) is 2.12. The molecule has 2 rings (SSSR count). The molecule has 0 bridgehead atoms. The first-order valence-electron chi connectivity index (χ1n) is 7.80. The average Bonchev–Trinajstić information content (AvgIpc) is 2.61. The number of carbonyl (C=O) groups excluding carboxylic acids is 1. The Bertz CT molecular complexity index is 708. The number of aromatic nitrogens is 1. The first-order valence-corrected chi connectivity index (χ1v) is 7.80. The molecule has 6 heteroatoms. The fraction of sp³-hybridized carbons (Fsp3) is 0.278. The Kier molecular flexibility index (Phi) is 6.59. The van der Waals surface area contributed by atoms with E-state index < -0.39 is 0 Å². The van der Waals surface area contributed by atoms with Crippen LogP contribution < -0.4 is 15.4 Å². The Morgan fingerprint density at radius 3 is 2.75 bits per heavy atom. The van der Waals surface area contributed by atoms with Gasteiger partial charge in [0.25, 0.3) is 0 Å². The zero-order valence-electron chi connectivity index (χ0n) is 13.6. The first kappa shape index (κ1) is 17.3. The molecule has 1 aromatic heterocycles. The van der Waals surface area contributed by atoms with Crippen LogP contribution in [0.5, 0.6) is 5.88 Å². The van der Waals surface area contributed by atoms with Crippen LogP contribution in [0.1, 0.15) is 18.2 Å². The van der Waals surface area contributed by atoms with Crippen LogP contribution in [0.2, 0.25) is 0 Å². The number of pyridine rings is 1. The van der Waals surface area contributed by atoms with Crippen molar-refractivity contribution in [2.24, 2.45) is 0 Å². The summed E-state index contributed by atoms with van der Waals surface area (Å²) in [7, 11) is 0. The molecule has 0 aliphatic carbocycles. The number of nitrogens with zero attached hydrogens (tertiary/aromatic N) is 2. The molecule has 6 nitrogen and oxygen atoms in total. The summed E-state index contributed by atoms with van der Waals surface area (Å²) in [6.45, 7) is 3.18. The zero-order valence-corrected chi connectivity index (χ0v) is 13.6. The number of rotatable bonds is 8. The number of anilines is 1. The Balaban J connectivity index is 1.71. The van der Waals surface area contributed by atoms with E-state index in [4.69, 9.17) is 10.00 Å². The molecular formula is C18H20N4O2. The third-order valence-corrected chi connectivity index (χ3v) is 3.24. The highest BCUT2D eigenvalue weighted by Crippen LogP contribution is 2.08. The van der Waals surface area contributed by atoms with Crippen molar-refractivity contribution in [3.63, 3.8) is 0 Å². The largest absolute Gasteiger partial charge is 0.478 e. The summed E-state index contributed by atoms with van der Waals surface area (Å²) >= 11 is 0. The molecule has 2 N–H and O–H groups in total. The highest BCUT2D eigenvalue weighted by atomic mass is 16.5. The van der Waals surface area contributed by atoms with Gasteiger partial charge < -0.3 is 15.4 Å². The first-order chi connectivity index (χ1) is 11.7. The standard InChI is InChI=1S/C18H20N4O2/c1-2-24-18-5-3-4-16(22-18)10-11-20-17(23)13-21-15-8-6-14(12-19)7-9-15/h3-9,21H,2,10-11,13H2,1H3,(H,20,23). The summed E-state index contributed by atoms with van der Waals surface area (Å²) in [5, 5.41) is 14.6. The van der Waals surface area contributed by atoms with Crippen LogP contribution in [0.15, 0.2) is 42.5 Å². The second-order valence-electron chi connectivity index (χ2n) is 5.04. The van der Waals surface area contributed by atoms with Crippen LogP contribution in [0.4, 0.5) is 5.69 Å². The molecule has 2 aromatic rings. The molecule has 0 saturated heterocycles. The van der Waals surface area contributed by atoms with Crippen molar-refractivity contribution in [2.45, 2.75) is 13.3 Å². The SMILES string of the molecule is CCOc1cccc(CCNC(=O)CNc2ccc(C#N)cc2)n1. The summed E-state index contributed by atoms with van der Waals surface area (Å²) in [5.41, 5.74) is 2.27. The van der Waals surface area contributed by atoms with E-state index in [0.29, 0.717) is 31.0 Å². The van der Waals surface area contributed by atoms with Crippen LogP contribution >= 0.6 is 0 Å². The normalized spacial score (nSPS) is 9.83. The lowest BCUT2D eigenvalue weighted by Crippen LogP contribution is -2.31. The Morgan fingerprint density at radius 2 is 2.04 bits per heavy atom. The van der Waals surface area contributed by atoms with Gasteiger partial charge in [-0.05, 0) is 37.3 Å². The number of ether oxygens (including phenoxy) is 1. The fourth-order valence-electron chi connectivity index (χ4n) is 2.06. The van der Waals surface area contributed by atoms with E-state index >= 15 is 0 Å². The Morgan fingerprint density at radius 1 is 1.25 bits per heavy atom. The highest BCUT2D eigenvalue weighted by molar-refractivity contribution is 5.80. The van der Waals surface area contributed by atoms with Gasteiger partial charge in [-0.3, -0.25) is 4.79 Å². The van der Waals surface area contributed by atoms with Crippen molar-refractivity contribution in [1.82, 2.24) is 10.3 Å². The fourth-order valence-corrected chi connectivity index (χ4v) is 2.06. The van der Waals surface area contributed by atoms with E-state index in [1.165, 1.54) is 0 Å². The van der Waals surface area contributed by atoms with E-state index in [1.807, 2.05) is 25.1 Å². The summed E-state index contributed by atoms with van der Waals surface area (Å²) in [4.78, 5) is 16.2. The third-order valence-electron chi connectivity index (χ3n) is 3.24. The van der Waals surface area contributed by atoms with Crippen molar-refractivity contribution < 1.29 is 9.53 Å². The molecule has 0 atom stereocenters. The van der Waals surface area contributed by atoms with Crippen LogP contribution in [0.3, 0.4) is 0 Å². The minimum atomic E-state index is -0.0969. The summed E-state index contributed by atoms with van der Waals surface area (Å²) in [6.07, 6.45) is 0.642. The van der Waals surface area contributed by atoms with Crippen LogP contribution in [-0.4, -0.2) is 30.6 Å². The second-order valence-corrected chi connectivity index (χ2v) is 5.04. The highest BCUT2D eigenvalue weighted by Gasteiger charge is 2.03. The number of benzene rings is 1. The van der Waals surface area contributed by atoms with Crippen molar-refractivity contribution >= 4 is 11.6 Å². The van der Waals surface area contributed by atoms with E-state index in [9.17, 15) is 4.79 Å². The minimum absolute atomic E-state index is 0.0969. The van der Waals surface area contributed by atoms with E-state index in [0.717, 1.165) is 11.4 Å². The molecule has 0 radical (unpaired) electrons. The quantitative estimate of drug-likeness (QED) is 0.777. The molecule has 0 fully saturated rings. The van der Waals surface area contributed by atoms with Crippen LogP contribution in [-0.2, 0) is 11.2 Å². The second kappa shape index (κ2) is 9.16. The van der Waals surface area contributed by atoms with Gasteiger partial charge in [0, 0.05) is 30.4 Å². The predicted molar refractivity (Wildman–Crippen MR) is 91.8 cm³/mol. The smallest absolute Gasteiger partial charge is 0.239 e. The maximum Gasteiger partial charge on any atom is 0.239 e. The van der Waals surface area contributed by atoms with Crippen molar-refractivity contribution in [3.05, 3.63) is 53.7 Å². The summed E-state index contributed by atoms with van der Waals surface area (Å²) in [6, 6.07) is 14.6. The van der Waals surface area contributed by atoms with Crippen LogP contribution in [0.25, 0.3) is 0 Å². The molecule has 1 amide bonds. The zero-order chi connectivity index (χ0) is 17.2. The van der Waals surface area contributed by atoms with Gasteiger partial charge in [0.05, 0.1) is 24.8 Å². The summed E-state index contributed by atoms with van der Waals surface area (Å²) < 4.78 is 5.35. The van der Waals surface area contributed by atoms with Gasteiger partial charge in [0.2, 0.25) is 11.8 Å². The lowest BCUT2D eigenvalue weighted by molar-refractivity contribution is -0.119. The maximum atomic E-state index is 11.8. The lowest BCUT2D eigenvalue weighted by Gasteiger charge is -2.08. The van der Waals surface area contributed by atoms with Gasteiger partial charge in [-0.1, -0.05) is 6.07 Å². The van der Waals surface area contributed by atoms with Gasteiger partial charge in [0.15, 0.2) is 0 Å². The molecule has 124 valence electrons. The third kappa shape index (κ3) is 5.61. The maximum absolute atomic E-state index is 11.8. The monoisotopic (exact) mass is 324 g/mol. The number of nitriles is 1. The Labute approximate surface area is 141 Å². The number of amides is 1. The van der Waals surface area contributed by atoms with Gasteiger partial charge in [-0.25, -0.2) is 4.98 Å². The van der Waals surface area contributed by atoms with Gasteiger partial charge >= 0.3 is 0 Å². The molecule has 0 aliphatic heterocycles. The number of carbonyl (C=O) groups is 1. The molecule has 1 heterocycles. The number of hydrogen-bond acceptors (Lipinski definition) is 5. The summed E-state index contributed by atoms with van der Waals surface area (Å²) in [5.74, 6) is 0.504. The van der Waals surface area contributed by atoms with Gasteiger partial charge in [-0.15, -0.1) is 0 Å². The van der Waals surface area contributed by atoms with Crippen molar-refractivity contribution in [1.29, 1.82) is 5.26 Å². The molecule has 0 spiro atoms. The molecule has 24 heavy (non-hydrogen) atoms. The number of nitrogens with one attached hydrogen (secondary N) is 2. The average molecular weight is 324 g/mol. The van der Waals surface area contributed by atoms with E-state index in [2.05, 4.69) is 21.7 Å². The van der Waals surface area contributed by atoms with Crippen molar-refractivity contribution in [3.8, 4) is 11.9 Å². The molecule has 0 aliphatic rings. The molecule has 1 aromatic carbocycles. The lowest BCUT2D eigenvalue weighted by atomic mass is 10.2. The van der Waals surface area contributed by atoms with E-state index in [1.54, 1.807) is 24.3 Å². The Hall–Kier alpha value is -3.07. The topological polar surface area (TPSA) is 87.0 Å². The van der Waals surface area contributed by atoms with Crippen LogP contribution in [0, 0.1) is 11.3 Å². The molecular weight excluding hydrogens is 304 g/mol. The van der Waals surface area contributed by atoms with Gasteiger partial charge in [0.1, 0.15) is 0 Å². The van der Waals surface area contributed by atoms with Crippen molar-refractivity contribution in [2.75, 3.05) is 25.0 Å². The van der Waals surface area contributed by atoms with E-state index in [-0.39, 0.29) is 12.5 Å². The van der Waals surface area contributed by atoms with Gasteiger partial charge in [-0.2, -0.15) is 5.26 Å². The minimum Gasteiger partial charge on any atom is -0.478 e. The molecule has 0 unspecified atom stereocenters.